The summed E-state index contributed by atoms with van der Waals surface area (Å²) in [7, 11) is 0. The Morgan fingerprint density at radius 2 is 1.79 bits per heavy atom. The van der Waals surface area contributed by atoms with Gasteiger partial charge >= 0.3 is 12.3 Å². The number of hydrogen-bond acceptors (Lipinski definition) is 4. The molecule has 1 aliphatic heterocycles. The minimum Gasteiger partial charge on any atom is -0.486 e. The topological polar surface area (TPSA) is 62.6 Å². The number of carbonyl (C=O) groups is 1. The average molecular weight is 475 g/mol. The lowest BCUT2D eigenvalue weighted by Crippen LogP contribution is -2.47. The number of halogens is 3. The Kier molecular flexibility index (Phi) is 7.75. The van der Waals surface area contributed by atoms with E-state index in [0.717, 1.165) is 31.4 Å². The number of carbonyl (C=O) groups excluding carboxylic acids is 1. The molecular formula is C26H29F3N2O3. The molecule has 1 aliphatic rings. The van der Waals surface area contributed by atoms with E-state index < -0.39 is 29.5 Å². The largest absolute Gasteiger partial charge is 0.486 e. The van der Waals surface area contributed by atoms with Gasteiger partial charge in [0, 0.05) is 24.6 Å². The second kappa shape index (κ2) is 10.4. The average Bonchev–Trinajstić information content (AvgIpc) is 2.77. The Morgan fingerprint density at radius 3 is 2.41 bits per heavy atom. The van der Waals surface area contributed by atoms with Crippen molar-refractivity contribution in [3.8, 4) is 11.8 Å². The Morgan fingerprint density at radius 1 is 1.12 bits per heavy atom. The zero-order valence-corrected chi connectivity index (χ0v) is 19.6. The highest BCUT2D eigenvalue weighted by molar-refractivity contribution is 5.68. The van der Waals surface area contributed by atoms with E-state index in [2.05, 4.69) is 6.07 Å². The highest BCUT2D eigenvalue weighted by Crippen LogP contribution is 2.35. The Labute approximate surface area is 198 Å². The maximum atomic E-state index is 13.0. The molecule has 0 N–H and O–H groups in total. The van der Waals surface area contributed by atoms with Crippen LogP contribution >= 0.6 is 0 Å². The zero-order chi connectivity index (χ0) is 24.9. The van der Waals surface area contributed by atoms with Crippen molar-refractivity contribution in [3.05, 3.63) is 65.2 Å². The predicted octanol–water partition coefficient (Wildman–Crippen LogP) is 6.88. The zero-order valence-electron chi connectivity index (χ0n) is 19.6. The van der Waals surface area contributed by atoms with Gasteiger partial charge in [-0.2, -0.15) is 18.4 Å². The van der Waals surface area contributed by atoms with Crippen LogP contribution in [-0.4, -0.2) is 29.2 Å². The molecule has 2 aromatic carbocycles. The van der Waals surface area contributed by atoms with Gasteiger partial charge in [0.2, 0.25) is 0 Å². The number of benzene rings is 2. The summed E-state index contributed by atoms with van der Waals surface area (Å²) in [5.41, 5.74) is -0.362. The van der Waals surface area contributed by atoms with E-state index in [4.69, 9.17) is 9.47 Å². The number of hydrogen-bond donors (Lipinski definition) is 0. The molecule has 0 radical (unpaired) electrons. The van der Waals surface area contributed by atoms with Gasteiger partial charge in [0.05, 0.1) is 17.2 Å². The van der Waals surface area contributed by atoms with Gasteiger partial charge in [0.25, 0.3) is 0 Å². The molecule has 5 nitrogen and oxygen atoms in total. The number of likely N-dealkylation sites (tertiary alicyclic amines) is 1. The van der Waals surface area contributed by atoms with Crippen molar-refractivity contribution in [1.82, 2.24) is 4.90 Å². The summed E-state index contributed by atoms with van der Waals surface area (Å²) in [5, 5.41) is 9.62. The summed E-state index contributed by atoms with van der Waals surface area (Å²) in [4.78, 5) is 14.6. The standard InChI is InChI=1S/C26H29F3N2O3/c1-25(2,3)34-24(32)31-15-7-6-9-20(31)16-23(22-10-5-4-8-18(22)17-30)33-21-13-11-19(12-14-21)26(27,28)29/h4-5,8,10-14,20,23H,6-7,9,15-16H2,1-3H3/t20-,23-/m1/s1. The third-order valence-corrected chi connectivity index (χ3v) is 5.63. The van der Waals surface area contributed by atoms with Crippen molar-refractivity contribution < 1.29 is 27.4 Å². The first kappa shape index (κ1) is 25.4. The number of rotatable bonds is 5. The van der Waals surface area contributed by atoms with Gasteiger partial charge in [-0.1, -0.05) is 18.2 Å². The molecule has 8 heteroatoms. The Balaban J connectivity index is 1.89. The van der Waals surface area contributed by atoms with Crippen LogP contribution in [0.2, 0.25) is 0 Å². The van der Waals surface area contributed by atoms with Crippen LogP contribution < -0.4 is 4.74 Å². The normalized spacial score (nSPS) is 17.6. The molecule has 1 heterocycles. The van der Waals surface area contributed by atoms with E-state index >= 15 is 0 Å². The van der Waals surface area contributed by atoms with Crippen LogP contribution in [0.4, 0.5) is 18.0 Å². The SMILES string of the molecule is CC(C)(C)OC(=O)N1CCCC[C@@H]1C[C@@H](Oc1ccc(C(F)(F)F)cc1)c1ccccc1C#N. The minimum atomic E-state index is -4.44. The second-order valence-corrected chi connectivity index (χ2v) is 9.39. The highest BCUT2D eigenvalue weighted by Gasteiger charge is 2.34. The predicted molar refractivity (Wildman–Crippen MR) is 121 cm³/mol. The number of nitriles is 1. The third kappa shape index (κ3) is 6.66. The van der Waals surface area contributed by atoms with Crippen LogP contribution in [0, 0.1) is 11.3 Å². The maximum Gasteiger partial charge on any atom is 0.416 e. The Hall–Kier alpha value is -3.21. The second-order valence-electron chi connectivity index (χ2n) is 9.39. The quantitative estimate of drug-likeness (QED) is 0.474. The summed E-state index contributed by atoms with van der Waals surface area (Å²) < 4.78 is 50.6. The van der Waals surface area contributed by atoms with Crippen molar-refractivity contribution in [2.45, 2.75) is 70.4 Å². The van der Waals surface area contributed by atoms with E-state index in [-0.39, 0.29) is 11.8 Å². The molecule has 0 spiro atoms. The molecule has 0 saturated carbocycles. The fraction of sp³-hybridized carbons (Fsp3) is 0.462. The van der Waals surface area contributed by atoms with Gasteiger partial charge in [-0.25, -0.2) is 4.79 Å². The van der Waals surface area contributed by atoms with Crippen molar-refractivity contribution in [2.24, 2.45) is 0 Å². The first-order chi connectivity index (χ1) is 16.0. The summed E-state index contributed by atoms with van der Waals surface area (Å²) in [5.74, 6) is 0.255. The fourth-order valence-electron chi connectivity index (χ4n) is 4.06. The van der Waals surface area contributed by atoms with Gasteiger partial charge in [-0.05, 0) is 70.4 Å². The first-order valence-electron chi connectivity index (χ1n) is 11.3. The van der Waals surface area contributed by atoms with E-state index in [1.165, 1.54) is 12.1 Å². The smallest absolute Gasteiger partial charge is 0.416 e. The van der Waals surface area contributed by atoms with Crippen molar-refractivity contribution in [1.29, 1.82) is 5.26 Å². The molecular weight excluding hydrogens is 445 g/mol. The van der Waals surface area contributed by atoms with Crippen LogP contribution in [0.1, 0.15) is 69.2 Å². The molecule has 0 aromatic heterocycles. The highest BCUT2D eigenvalue weighted by atomic mass is 19.4. The monoisotopic (exact) mass is 474 g/mol. The lowest BCUT2D eigenvalue weighted by Gasteiger charge is -2.38. The van der Waals surface area contributed by atoms with Crippen molar-refractivity contribution >= 4 is 6.09 Å². The molecule has 1 saturated heterocycles. The van der Waals surface area contributed by atoms with Crippen LogP contribution in [0.25, 0.3) is 0 Å². The van der Waals surface area contributed by atoms with E-state index in [0.29, 0.717) is 24.1 Å². The fourth-order valence-corrected chi connectivity index (χ4v) is 4.06. The number of amides is 1. The molecule has 182 valence electrons. The van der Waals surface area contributed by atoms with Gasteiger partial charge in [0.15, 0.2) is 0 Å². The molecule has 1 amide bonds. The molecule has 34 heavy (non-hydrogen) atoms. The van der Waals surface area contributed by atoms with Gasteiger partial charge < -0.3 is 14.4 Å². The lowest BCUT2D eigenvalue weighted by molar-refractivity contribution is -0.137. The van der Waals surface area contributed by atoms with Gasteiger partial charge in [-0.3, -0.25) is 0 Å². The number of piperidine rings is 1. The van der Waals surface area contributed by atoms with Gasteiger partial charge in [0.1, 0.15) is 17.5 Å². The number of ether oxygens (including phenoxy) is 2. The van der Waals surface area contributed by atoms with Crippen molar-refractivity contribution in [3.63, 3.8) is 0 Å². The number of alkyl halides is 3. The molecule has 2 aromatic rings. The van der Waals surface area contributed by atoms with Crippen LogP contribution in [-0.2, 0) is 10.9 Å². The molecule has 3 rings (SSSR count). The number of nitrogens with zero attached hydrogens (tertiary/aromatic N) is 2. The Bertz CT molecular complexity index is 1020. The molecule has 2 atom stereocenters. The molecule has 1 fully saturated rings. The van der Waals surface area contributed by atoms with Crippen LogP contribution in [0.5, 0.6) is 5.75 Å². The van der Waals surface area contributed by atoms with E-state index in [1.54, 1.807) is 29.2 Å². The minimum absolute atomic E-state index is 0.199. The van der Waals surface area contributed by atoms with Crippen molar-refractivity contribution in [2.75, 3.05) is 6.54 Å². The summed E-state index contributed by atoms with van der Waals surface area (Å²) in [6.45, 7) is 5.98. The first-order valence-corrected chi connectivity index (χ1v) is 11.3. The molecule has 0 aliphatic carbocycles. The maximum absolute atomic E-state index is 13.0. The van der Waals surface area contributed by atoms with E-state index in [1.807, 2.05) is 20.8 Å². The lowest BCUT2D eigenvalue weighted by atomic mass is 9.92. The summed E-state index contributed by atoms with van der Waals surface area (Å²) in [6, 6.07) is 13.4. The van der Waals surface area contributed by atoms with Gasteiger partial charge in [-0.15, -0.1) is 0 Å². The summed E-state index contributed by atoms with van der Waals surface area (Å²) in [6.07, 6.45) is -2.59. The summed E-state index contributed by atoms with van der Waals surface area (Å²) >= 11 is 0. The van der Waals surface area contributed by atoms with Crippen LogP contribution in [0.3, 0.4) is 0 Å². The van der Waals surface area contributed by atoms with Crippen LogP contribution in [0.15, 0.2) is 48.5 Å². The third-order valence-electron chi connectivity index (χ3n) is 5.63. The van der Waals surface area contributed by atoms with E-state index in [9.17, 15) is 23.2 Å². The molecule has 0 unspecified atom stereocenters. The molecule has 0 bridgehead atoms.